The Balaban J connectivity index is 3.54. The zero-order valence-corrected chi connectivity index (χ0v) is 10.7. The lowest BCUT2D eigenvalue weighted by molar-refractivity contribution is -0.390. The maximum Gasteiger partial charge on any atom is 0.573 e. The Labute approximate surface area is 118 Å². The van der Waals surface area contributed by atoms with Crippen LogP contribution in [-0.4, -0.2) is 29.3 Å². The summed E-state index contributed by atoms with van der Waals surface area (Å²) < 4.78 is 70.0. The third kappa shape index (κ3) is 4.23. The van der Waals surface area contributed by atoms with Crippen LogP contribution in [0.5, 0.6) is 5.75 Å². The molecule has 12 heteroatoms. The third-order valence-corrected chi connectivity index (χ3v) is 2.29. The predicted octanol–water partition coefficient (Wildman–Crippen LogP) is 2.54. The van der Waals surface area contributed by atoms with Crippen LogP contribution in [0.4, 0.5) is 27.6 Å². The Morgan fingerprint density at radius 3 is 2.45 bits per heavy atom. The molecular weight excluding hydrogens is 323 g/mol. The van der Waals surface area contributed by atoms with E-state index >= 15 is 0 Å². The molecule has 22 heavy (non-hydrogen) atoms. The van der Waals surface area contributed by atoms with E-state index in [0.717, 1.165) is 7.11 Å². The molecule has 0 unspecified atom stereocenters. The van der Waals surface area contributed by atoms with Crippen LogP contribution in [0.25, 0.3) is 0 Å². The van der Waals surface area contributed by atoms with Gasteiger partial charge in [0.05, 0.1) is 18.5 Å². The number of carbonyl (C=O) groups excluding carboxylic acids is 1. The lowest BCUT2D eigenvalue weighted by atomic mass is 10.1. The van der Waals surface area contributed by atoms with Crippen molar-refractivity contribution in [2.75, 3.05) is 7.11 Å². The van der Waals surface area contributed by atoms with Crippen LogP contribution < -0.4 is 4.74 Å². The van der Waals surface area contributed by atoms with Crippen LogP contribution in [0, 0.1) is 10.1 Å². The van der Waals surface area contributed by atoms with Gasteiger partial charge in [0.2, 0.25) is 5.75 Å². The van der Waals surface area contributed by atoms with Crippen LogP contribution in [-0.2, 0) is 16.0 Å². The number of hydrogen-bond acceptors (Lipinski definition) is 6. The standard InChI is InChI=1S/C10H7F5N2O5/c1-21-6(18)2-5-8(22-10(13,14)15)7(17(19)20)4(3-16-5)9(11)12/h3,9H,2H2,1H3. The molecular formula is C10H7F5N2O5. The van der Waals surface area contributed by atoms with E-state index in [0.29, 0.717) is 6.20 Å². The molecule has 0 aliphatic rings. The van der Waals surface area contributed by atoms with Crippen LogP contribution in [0.1, 0.15) is 17.7 Å². The molecule has 0 atom stereocenters. The molecule has 0 aliphatic carbocycles. The summed E-state index contributed by atoms with van der Waals surface area (Å²) in [6.45, 7) is 0. The molecule has 0 amide bonds. The fourth-order valence-corrected chi connectivity index (χ4v) is 1.44. The van der Waals surface area contributed by atoms with Crippen molar-refractivity contribution in [2.45, 2.75) is 19.2 Å². The number of methoxy groups -OCH3 is 1. The van der Waals surface area contributed by atoms with Crippen molar-refractivity contribution in [1.82, 2.24) is 4.98 Å². The molecule has 0 saturated carbocycles. The first kappa shape index (κ1) is 17.5. The van der Waals surface area contributed by atoms with Crippen LogP contribution in [0.3, 0.4) is 0 Å². The van der Waals surface area contributed by atoms with E-state index in [1.54, 1.807) is 0 Å². The first-order valence-electron chi connectivity index (χ1n) is 5.33. The van der Waals surface area contributed by atoms with Crippen LogP contribution in [0.2, 0.25) is 0 Å². The van der Waals surface area contributed by atoms with Gasteiger partial charge in [-0.25, -0.2) is 8.78 Å². The van der Waals surface area contributed by atoms with E-state index in [2.05, 4.69) is 14.5 Å². The van der Waals surface area contributed by atoms with Gasteiger partial charge in [0.25, 0.3) is 6.43 Å². The number of hydrogen-bond donors (Lipinski definition) is 0. The Bertz CT molecular complexity index is 590. The van der Waals surface area contributed by atoms with E-state index in [4.69, 9.17) is 0 Å². The maximum absolute atomic E-state index is 12.7. The summed E-state index contributed by atoms with van der Waals surface area (Å²) in [5.41, 5.74) is -3.82. The number of alkyl halides is 5. The zero-order chi connectivity index (χ0) is 17.1. The van der Waals surface area contributed by atoms with Crippen molar-refractivity contribution in [3.05, 3.63) is 27.6 Å². The van der Waals surface area contributed by atoms with Crippen molar-refractivity contribution in [3.8, 4) is 5.75 Å². The number of aromatic nitrogens is 1. The second-order valence-corrected chi connectivity index (χ2v) is 3.70. The van der Waals surface area contributed by atoms with Gasteiger partial charge in [0, 0.05) is 6.20 Å². The number of ether oxygens (including phenoxy) is 2. The van der Waals surface area contributed by atoms with Crippen molar-refractivity contribution < 1.29 is 41.1 Å². The summed E-state index contributed by atoms with van der Waals surface area (Å²) in [5, 5.41) is 10.8. The van der Waals surface area contributed by atoms with Crippen molar-refractivity contribution in [2.24, 2.45) is 0 Å². The largest absolute Gasteiger partial charge is 0.573 e. The minimum absolute atomic E-state index is 0.310. The highest BCUT2D eigenvalue weighted by atomic mass is 19.4. The lowest BCUT2D eigenvalue weighted by Gasteiger charge is -2.14. The highest BCUT2D eigenvalue weighted by Crippen LogP contribution is 2.40. The number of nitrogens with zero attached hydrogens (tertiary/aromatic N) is 2. The first-order valence-corrected chi connectivity index (χ1v) is 5.33. The number of halogens is 5. The van der Waals surface area contributed by atoms with Crippen molar-refractivity contribution in [3.63, 3.8) is 0 Å². The quantitative estimate of drug-likeness (QED) is 0.357. The number of esters is 1. The zero-order valence-electron chi connectivity index (χ0n) is 10.7. The summed E-state index contributed by atoms with van der Waals surface area (Å²) in [4.78, 5) is 23.6. The maximum atomic E-state index is 12.7. The molecule has 1 aromatic heterocycles. The highest BCUT2D eigenvalue weighted by Gasteiger charge is 2.39. The normalized spacial score (nSPS) is 11.4. The second kappa shape index (κ2) is 6.49. The van der Waals surface area contributed by atoms with E-state index in [-0.39, 0.29) is 0 Å². The van der Waals surface area contributed by atoms with Gasteiger partial charge >= 0.3 is 18.0 Å². The van der Waals surface area contributed by atoms with Gasteiger partial charge < -0.3 is 9.47 Å². The average Bonchev–Trinajstić information content (AvgIpc) is 2.37. The van der Waals surface area contributed by atoms with Crippen LogP contribution in [0.15, 0.2) is 6.20 Å². The predicted molar refractivity (Wildman–Crippen MR) is 58.3 cm³/mol. The van der Waals surface area contributed by atoms with E-state index < -0.39 is 52.8 Å². The molecule has 0 bridgehead atoms. The first-order chi connectivity index (χ1) is 10.1. The summed E-state index contributed by atoms with van der Waals surface area (Å²) >= 11 is 0. The van der Waals surface area contributed by atoms with Crippen molar-refractivity contribution in [1.29, 1.82) is 0 Å². The highest BCUT2D eigenvalue weighted by molar-refractivity contribution is 5.74. The average molecular weight is 330 g/mol. The van der Waals surface area contributed by atoms with Gasteiger partial charge in [-0.1, -0.05) is 0 Å². The molecule has 1 aromatic rings. The van der Waals surface area contributed by atoms with Gasteiger partial charge in [0.1, 0.15) is 11.3 Å². The molecule has 1 heterocycles. The second-order valence-electron chi connectivity index (χ2n) is 3.70. The minimum atomic E-state index is -5.40. The molecule has 0 fully saturated rings. The fraction of sp³-hybridized carbons (Fsp3) is 0.400. The number of nitro groups is 1. The van der Waals surface area contributed by atoms with Gasteiger partial charge in [-0.05, 0) is 0 Å². The summed E-state index contributed by atoms with van der Waals surface area (Å²) in [6.07, 6.45) is -9.48. The Morgan fingerprint density at radius 1 is 1.45 bits per heavy atom. The SMILES string of the molecule is COC(=O)Cc1ncc(C(F)F)c([N+](=O)[O-])c1OC(F)(F)F. The number of pyridine rings is 1. The molecule has 7 nitrogen and oxygen atoms in total. The van der Waals surface area contributed by atoms with E-state index in [9.17, 15) is 36.9 Å². The summed E-state index contributed by atoms with van der Waals surface area (Å²) in [7, 11) is 0.911. The Hall–Kier alpha value is -2.53. The molecule has 1 rings (SSSR count). The van der Waals surface area contributed by atoms with Gasteiger partial charge in [0.15, 0.2) is 0 Å². The molecule has 0 N–H and O–H groups in total. The Morgan fingerprint density at radius 2 is 2.05 bits per heavy atom. The molecule has 0 aromatic carbocycles. The molecule has 0 saturated heterocycles. The summed E-state index contributed by atoms with van der Waals surface area (Å²) in [6, 6.07) is 0. The van der Waals surface area contributed by atoms with Gasteiger partial charge in [-0.2, -0.15) is 0 Å². The van der Waals surface area contributed by atoms with Gasteiger partial charge in [-0.15, -0.1) is 13.2 Å². The lowest BCUT2D eigenvalue weighted by Crippen LogP contribution is -2.21. The molecule has 0 spiro atoms. The van der Waals surface area contributed by atoms with Crippen LogP contribution >= 0.6 is 0 Å². The molecule has 0 aliphatic heterocycles. The monoisotopic (exact) mass is 330 g/mol. The van der Waals surface area contributed by atoms with E-state index in [1.165, 1.54) is 0 Å². The number of carbonyl (C=O) groups is 1. The summed E-state index contributed by atoms with van der Waals surface area (Å²) in [5.74, 6) is -2.65. The van der Waals surface area contributed by atoms with E-state index in [1.807, 2.05) is 0 Å². The molecule has 0 radical (unpaired) electrons. The third-order valence-electron chi connectivity index (χ3n) is 2.29. The smallest absolute Gasteiger partial charge is 0.469 e. The van der Waals surface area contributed by atoms with Crippen molar-refractivity contribution >= 4 is 11.7 Å². The topological polar surface area (TPSA) is 91.6 Å². The fourth-order valence-electron chi connectivity index (χ4n) is 1.44. The Kier molecular flexibility index (Phi) is 5.17. The molecule has 122 valence electrons. The number of rotatable bonds is 5. The minimum Gasteiger partial charge on any atom is -0.469 e. The van der Waals surface area contributed by atoms with Gasteiger partial charge in [-0.3, -0.25) is 19.9 Å².